The average molecular weight is 360 g/mol. The molecule has 1 N–H and O–H groups in total. The van der Waals surface area contributed by atoms with Crippen LogP contribution in [-0.2, 0) is 6.18 Å². The van der Waals surface area contributed by atoms with Crippen LogP contribution in [0.3, 0.4) is 0 Å². The molecule has 0 amide bonds. The molecular weight excluding hydrogens is 345 g/mol. The van der Waals surface area contributed by atoms with Crippen molar-refractivity contribution >= 4 is 17.4 Å². The minimum atomic E-state index is -4.38. The summed E-state index contributed by atoms with van der Waals surface area (Å²) in [5.41, 5.74) is 1.77. The van der Waals surface area contributed by atoms with Crippen LogP contribution >= 0.6 is 0 Å². The van der Waals surface area contributed by atoms with Gasteiger partial charge in [0.15, 0.2) is 5.78 Å². The maximum absolute atomic E-state index is 12.6. The van der Waals surface area contributed by atoms with Crippen molar-refractivity contribution in [1.82, 2.24) is 14.8 Å². The normalized spacial score (nSPS) is 11.4. The molecule has 0 aliphatic carbocycles. The van der Waals surface area contributed by atoms with E-state index >= 15 is 0 Å². The van der Waals surface area contributed by atoms with Crippen molar-refractivity contribution in [2.45, 2.75) is 20.0 Å². The zero-order chi connectivity index (χ0) is 18.9. The first kappa shape index (κ1) is 17.7. The van der Waals surface area contributed by atoms with Gasteiger partial charge in [0.1, 0.15) is 6.33 Å². The fourth-order valence-corrected chi connectivity index (χ4v) is 2.52. The molecule has 1 heterocycles. The van der Waals surface area contributed by atoms with Gasteiger partial charge >= 0.3 is 6.18 Å². The van der Waals surface area contributed by atoms with Gasteiger partial charge in [-0.15, -0.1) is 5.10 Å². The molecule has 3 rings (SSSR count). The Morgan fingerprint density at radius 3 is 2.42 bits per heavy atom. The van der Waals surface area contributed by atoms with Crippen LogP contribution in [0.2, 0.25) is 0 Å². The fourth-order valence-electron chi connectivity index (χ4n) is 2.52. The van der Waals surface area contributed by atoms with E-state index < -0.39 is 11.7 Å². The first-order valence-electron chi connectivity index (χ1n) is 7.72. The highest BCUT2D eigenvalue weighted by atomic mass is 19.4. The van der Waals surface area contributed by atoms with Crippen molar-refractivity contribution in [1.29, 1.82) is 0 Å². The van der Waals surface area contributed by atoms with E-state index in [4.69, 9.17) is 0 Å². The molecule has 3 aromatic rings. The van der Waals surface area contributed by atoms with Gasteiger partial charge in [0, 0.05) is 11.3 Å². The summed E-state index contributed by atoms with van der Waals surface area (Å²) in [5, 5.41) is 7.23. The van der Waals surface area contributed by atoms with E-state index in [0.29, 0.717) is 16.9 Å². The van der Waals surface area contributed by atoms with E-state index in [0.717, 1.165) is 17.7 Å². The summed E-state index contributed by atoms with van der Waals surface area (Å²) in [6.45, 7) is 3.30. The number of rotatable bonds is 4. The third kappa shape index (κ3) is 3.58. The Morgan fingerprint density at radius 2 is 1.81 bits per heavy atom. The molecule has 2 aromatic carbocycles. The van der Waals surface area contributed by atoms with Gasteiger partial charge in [-0.3, -0.25) is 4.79 Å². The maximum Gasteiger partial charge on any atom is 0.416 e. The van der Waals surface area contributed by atoms with E-state index in [1.165, 1.54) is 30.1 Å². The summed E-state index contributed by atoms with van der Waals surface area (Å²) in [4.78, 5) is 15.7. The highest BCUT2D eigenvalue weighted by Crippen LogP contribution is 2.29. The highest BCUT2D eigenvalue weighted by Gasteiger charge is 2.30. The molecule has 8 heteroatoms. The van der Waals surface area contributed by atoms with E-state index in [-0.39, 0.29) is 11.7 Å². The molecule has 0 bridgehead atoms. The molecule has 0 unspecified atom stereocenters. The lowest BCUT2D eigenvalue weighted by molar-refractivity contribution is -0.137. The molecule has 1 aromatic heterocycles. The van der Waals surface area contributed by atoms with Crippen molar-refractivity contribution in [3.63, 3.8) is 0 Å². The van der Waals surface area contributed by atoms with Crippen LogP contribution < -0.4 is 5.32 Å². The molecule has 134 valence electrons. The molecule has 0 fully saturated rings. The number of aromatic nitrogens is 3. The lowest BCUT2D eigenvalue weighted by Crippen LogP contribution is -2.05. The molecule has 0 aliphatic heterocycles. The first-order chi connectivity index (χ1) is 12.3. The number of benzene rings is 2. The van der Waals surface area contributed by atoms with Gasteiger partial charge in [0.05, 0.1) is 11.3 Å². The SMILES string of the molecule is CC(=O)c1cccc(Nc2ncn(-c3ccc(C(F)(F)F)cc3)n2)c1C. The summed E-state index contributed by atoms with van der Waals surface area (Å²) in [6, 6.07) is 9.90. The standard InChI is InChI=1S/C18H15F3N4O/c1-11-15(12(2)26)4-3-5-16(11)23-17-22-10-25(24-17)14-8-6-13(7-9-14)18(19,20)21/h3-10H,1-2H3,(H,23,24). The smallest absolute Gasteiger partial charge is 0.323 e. The summed E-state index contributed by atoms with van der Waals surface area (Å²) in [6.07, 6.45) is -2.98. The number of anilines is 2. The molecular formula is C18H15F3N4O. The van der Waals surface area contributed by atoms with Crippen molar-refractivity contribution in [3.05, 3.63) is 65.5 Å². The fraction of sp³-hybridized carbons (Fsp3) is 0.167. The molecule has 0 saturated carbocycles. The van der Waals surface area contributed by atoms with Crippen molar-refractivity contribution < 1.29 is 18.0 Å². The Kier molecular flexibility index (Phi) is 4.50. The number of carbonyl (C=O) groups excluding carboxylic acids is 1. The number of hydrogen-bond donors (Lipinski definition) is 1. The zero-order valence-corrected chi connectivity index (χ0v) is 14.0. The quantitative estimate of drug-likeness (QED) is 0.694. The molecule has 0 aliphatic rings. The predicted molar refractivity (Wildman–Crippen MR) is 90.8 cm³/mol. The lowest BCUT2D eigenvalue weighted by Gasteiger charge is -2.09. The minimum absolute atomic E-state index is 0.0469. The number of nitrogens with zero attached hydrogens (tertiary/aromatic N) is 3. The van der Waals surface area contributed by atoms with E-state index in [1.807, 2.05) is 6.92 Å². The second-order valence-corrected chi connectivity index (χ2v) is 5.72. The lowest BCUT2D eigenvalue weighted by atomic mass is 10.0. The van der Waals surface area contributed by atoms with Crippen LogP contribution in [0.5, 0.6) is 0 Å². The zero-order valence-electron chi connectivity index (χ0n) is 14.0. The van der Waals surface area contributed by atoms with Gasteiger partial charge in [-0.25, -0.2) is 4.68 Å². The third-order valence-corrected chi connectivity index (χ3v) is 3.91. The van der Waals surface area contributed by atoms with Gasteiger partial charge in [0.25, 0.3) is 0 Å². The van der Waals surface area contributed by atoms with Gasteiger partial charge in [-0.2, -0.15) is 18.2 Å². The van der Waals surface area contributed by atoms with E-state index in [9.17, 15) is 18.0 Å². The Bertz CT molecular complexity index is 946. The third-order valence-electron chi connectivity index (χ3n) is 3.91. The van der Waals surface area contributed by atoms with E-state index in [2.05, 4.69) is 15.4 Å². The van der Waals surface area contributed by atoms with Crippen LogP contribution in [0, 0.1) is 6.92 Å². The maximum atomic E-state index is 12.6. The van der Waals surface area contributed by atoms with Crippen LogP contribution in [0.4, 0.5) is 24.8 Å². The predicted octanol–water partition coefficient (Wildman–Crippen LogP) is 4.54. The Balaban J connectivity index is 1.83. The topological polar surface area (TPSA) is 59.8 Å². The van der Waals surface area contributed by atoms with Gasteiger partial charge in [-0.05, 0) is 49.7 Å². The van der Waals surface area contributed by atoms with Crippen LogP contribution in [-0.4, -0.2) is 20.5 Å². The van der Waals surface area contributed by atoms with Gasteiger partial charge in [0.2, 0.25) is 5.95 Å². The Labute approximate surface area is 147 Å². The van der Waals surface area contributed by atoms with Crippen LogP contribution in [0.25, 0.3) is 5.69 Å². The number of ketones is 1. The summed E-state index contributed by atoms with van der Waals surface area (Å²) in [5.74, 6) is 0.225. The molecule has 0 atom stereocenters. The molecule has 5 nitrogen and oxygen atoms in total. The molecule has 0 spiro atoms. The number of hydrogen-bond acceptors (Lipinski definition) is 4. The summed E-state index contributed by atoms with van der Waals surface area (Å²) >= 11 is 0. The number of carbonyl (C=O) groups is 1. The summed E-state index contributed by atoms with van der Waals surface area (Å²) in [7, 11) is 0. The monoisotopic (exact) mass is 360 g/mol. The largest absolute Gasteiger partial charge is 0.416 e. The molecule has 26 heavy (non-hydrogen) atoms. The van der Waals surface area contributed by atoms with Crippen LogP contribution in [0.15, 0.2) is 48.8 Å². The van der Waals surface area contributed by atoms with Crippen molar-refractivity contribution in [2.24, 2.45) is 0 Å². The Hall–Kier alpha value is -3.16. The Morgan fingerprint density at radius 1 is 1.12 bits per heavy atom. The summed E-state index contributed by atoms with van der Waals surface area (Å²) < 4.78 is 39.2. The second-order valence-electron chi connectivity index (χ2n) is 5.72. The van der Waals surface area contributed by atoms with Crippen LogP contribution in [0.1, 0.15) is 28.4 Å². The number of halogens is 3. The molecule has 0 radical (unpaired) electrons. The number of Topliss-reactive ketones (excluding diaryl/α,β-unsaturated/α-hetero) is 1. The highest BCUT2D eigenvalue weighted by molar-refractivity contribution is 5.97. The van der Waals surface area contributed by atoms with Gasteiger partial charge in [-0.1, -0.05) is 12.1 Å². The van der Waals surface area contributed by atoms with Crippen molar-refractivity contribution in [3.8, 4) is 5.69 Å². The first-order valence-corrected chi connectivity index (χ1v) is 7.72. The minimum Gasteiger partial charge on any atom is -0.323 e. The van der Waals surface area contributed by atoms with Crippen molar-refractivity contribution in [2.75, 3.05) is 5.32 Å². The van der Waals surface area contributed by atoms with E-state index in [1.54, 1.807) is 18.2 Å². The molecule has 0 saturated heterocycles. The number of alkyl halides is 3. The second kappa shape index (κ2) is 6.62. The average Bonchev–Trinajstić information content (AvgIpc) is 3.04. The number of nitrogens with one attached hydrogen (secondary N) is 1. The van der Waals surface area contributed by atoms with Gasteiger partial charge < -0.3 is 5.32 Å².